The number of likely N-dealkylation sites (N-methyl/N-ethyl adjacent to an activating group) is 1. The molecule has 0 aliphatic carbocycles. The highest BCUT2D eigenvalue weighted by Gasteiger charge is 2.30. The van der Waals surface area contributed by atoms with Gasteiger partial charge in [0.15, 0.2) is 0 Å². The topological polar surface area (TPSA) is 58.4 Å². The molecule has 5 nitrogen and oxygen atoms in total. The lowest BCUT2D eigenvalue weighted by Crippen LogP contribution is -2.32. The monoisotopic (exact) mass is 130 g/mol. The van der Waals surface area contributed by atoms with Crippen LogP contribution < -0.4 is 5.32 Å². The summed E-state index contributed by atoms with van der Waals surface area (Å²) in [5.74, 6) is 0. The van der Waals surface area contributed by atoms with Crippen LogP contribution in [0.15, 0.2) is 0 Å². The van der Waals surface area contributed by atoms with Crippen molar-refractivity contribution in [3.63, 3.8) is 0 Å². The molecular formula is C4H8N3O2. The maximum absolute atomic E-state index is 10.1. The zero-order chi connectivity index (χ0) is 6.85. The summed E-state index contributed by atoms with van der Waals surface area (Å²) in [6, 6.07) is 0. The van der Waals surface area contributed by atoms with Crippen LogP contribution in [0.25, 0.3) is 0 Å². The Morgan fingerprint density at radius 2 is 2.67 bits per heavy atom. The Labute approximate surface area is 52.8 Å². The summed E-state index contributed by atoms with van der Waals surface area (Å²) < 4.78 is 0. The van der Waals surface area contributed by atoms with Crippen molar-refractivity contribution in [2.45, 2.75) is 6.17 Å². The molecule has 1 fully saturated rings. The van der Waals surface area contributed by atoms with Crippen molar-refractivity contribution in [3.05, 3.63) is 16.7 Å². The predicted molar refractivity (Wildman–Crippen MR) is 30.8 cm³/mol. The molecule has 0 aromatic rings. The van der Waals surface area contributed by atoms with Crippen LogP contribution >= 0.6 is 0 Å². The summed E-state index contributed by atoms with van der Waals surface area (Å²) in [4.78, 5) is 11.4. The van der Waals surface area contributed by atoms with Crippen molar-refractivity contribution >= 4 is 0 Å². The van der Waals surface area contributed by atoms with Crippen LogP contribution in [0.3, 0.4) is 0 Å². The lowest BCUT2D eigenvalue weighted by Gasteiger charge is -2.07. The molecule has 0 saturated carbocycles. The van der Waals surface area contributed by atoms with E-state index in [-0.39, 0.29) is 4.92 Å². The Hall–Kier alpha value is -0.680. The van der Waals surface area contributed by atoms with Gasteiger partial charge >= 0.3 is 0 Å². The minimum Gasteiger partial charge on any atom is -0.292 e. The van der Waals surface area contributed by atoms with E-state index in [0.29, 0.717) is 6.67 Å². The van der Waals surface area contributed by atoms with Gasteiger partial charge in [-0.2, -0.15) is 0 Å². The SMILES string of the molecule is CN1CN[CH]C1[N+](=O)[O-]. The van der Waals surface area contributed by atoms with Gasteiger partial charge in [0.2, 0.25) is 0 Å². The first-order valence-electron chi connectivity index (χ1n) is 2.62. The highest BCUT2D eigenvalue weighted by Crippen LogP contribution is 2.03. The van der Waals surface area contributed by atoms with Crippen molar-refractivity contribution in [1.29, 1.82) is 0 Å². The first-order chi connectivity index (χ1) is 4.22. The summed E-state index contributed by atoms with van der Waals surface area (Å²) in [6.45, 7) is 2.03. The molecule has 1 aliphatic rings. The zero-order valence-corrected chi connectivity index (χ0v) is 5.07. The first-order valence-corrected chi connectivity index (χ1v) is 2.62. The van der Waals surface area contributed by atoms with Gasteiger partial charge in [-0.3, -0.25) is 15.4 Å². The summed E-state index contributed by atoms with van der Waals surface area (Å²) in [6.07, 6.45) is -0.648. The molecule has 1 aliphatic heterocycles. The smallest absolute Gasteiger partial charge is 0.286 e. The normalized spacial score (nSPS) is 28.8. The molecule has 1 rings (SSSR count). The second kappa shape index (κ2) is 2.28. The number of nitrogens with zero attached hydrogens (tertiary/aromatic N) is 2. The van der Waals surface area contributed by atoms with Crippen molar-refractivity contribution in [2.24, 2.45) is 0 Å². The van der Waals surface area contributed by atoms with Gasteiger partial charge in [0.05, 0.1) is 6.67 Å². The van der Waals surface area contributed by atoms with Gasteiger partial charge in [-0.25, -0.2) is 4.90 Å². The minimum absolute atomic E-state index is 0.333. The molecule has 1 atom stereocenters. The average molecular weight is 130 g/mol. The molecule has 0 aromatic heterocycles. The molecule has 5 heteroatoms. The van der Waals surface area contributed by atoms with Crippen molar-refractivity contribution in [3.8, 4) is 0 Å². The zero-order valence-electron chi connectivity index (χ0n) is 5.07. The summed E-state index contributed by atoms with van der Waals surface area (Å²) in [7, 11) is 1.70. The standard InChI is InChI=1S/C4H8N3O2/c1-6-3-5-2-4(6)7(8)9/h2,4-5H,3H2,1H3. The Morgan fingerprint density at radius 1 is 2.00 bits per heavy atom. The van der Waals surface area contributed by atoms with E-state index in [1.54, 1.807) is 11.9 Å². The first kappa shape index (κ1) is 6.44. The Bertz CT molecular complexity index is 127. The Balaban J connectivity index is 2.49. The number of nitro groups is 1. The lowest BCUT2D eigenvalue weighted by atomic mass is 10.5. The van der Waals surface area contributed by atoms with E-state index in [1.807, 2.05) is 0 Å². The van der Waals surface area contributed by atoms with E-state index in [4.69, 9.17) is 0 Å². The number of hydrogen-bond acceptors (Lipinski definition) is 4. The molecule has 1 N–H and O–H groups in total. The minimum atomic E-state index is -0.648. The van der Waals surface area contributed by atoms with Crippen molar-refractivity contribution < 1.29 is 4.92 Å². The summed E-state index contributed by atoms with van der Waals surface area (Å²) in [5.41, 5.74) is 0. The molecule has 9 heavy (non-hydrogen) atoms. The van der Waals surface area contributed by atoms with Crippen LogP contribution in [0.2, 0.25) is 0 Å². The number of hydrogen-bond donors (Lipinski definition) is 1. The fourth-order valence-corrected chi connectivity index (χ4v) is 0.745. The van der Waals surface area contributed by atoms with Gasteiger partial charge in [0.1, 0.15) is 6.54 Å². The van der Waals surface area contributed by atoms with E-state index in [0.717, 1.165) is 0 Å². The lowest BCUT2D eigenvalue weighted by molar-refractivity contribution is -0.535. The third kappa shape index (κ3) is 1.17. The van der Waals surface area contributed by atoms with Gasteiger partial charge in [-0.05, 0) is 7.05 Å². The second-order valence-corrected chi connectivity index (χ2v) is 1.98. The van der Waals surface area contributed by atoms with E-state index < -0.39 is 6.17 Å². The van der Waals surface area contributed by atoms with Gasteiger partial charge < -0.3 is 0 Å². The Kier molecular flexibility index (Phi) is 1.63. The number of nitrogens with one attached hydrogen (secondary N) is 1. The van der Waals surface area contributed by atoms with Gasteiger partial charge in [0.25, 0.3) is 6.17 Å². The second-order valence-electron chi connectivity index (χ2n) is 1.98. The summed E-state index contributed by atoms with van der Waals surface area (Å²) in [5, 5.41) is 12.9. The van der Waals surface area contributed by atoms with Crippen LogP contribution in [0.4, 0.5) is 0 Å². The van der Waals surface area contributed by atoms with Crippen LogP contribution in [-0.4, -0.2) is 29.7 Å². The van der Waals surface area contributed by atoms with Crippen LogP contribution in [-0.2, 0) is 0 Å². The Morgan fingerprint density at radius 3 is 2.89 bits per heavy atom. The largest absolute Gasteiger partial charge is 0.292 e. The van der Waals surface area contributed by atoms with Crippen molar-refractivity contribution in [2.75, 3.05) is 13.7 Å². The molecule has 1 heterocycles. The molecule has 0 amide bonds. The van der Waals surface area contributed by atoms with Crippen molar-refractivity contribution in [1.82, 2.24) is 10.2 Å². The van der Waals surface area contributed by atoms with Crippen LogP contribution in [0, 0.1) is 16.7 Å². The quantitative estimate of drug-likeness (QED) is 0.374. The molecule has 1 unspecified atom stereocenters. The van der Waals surface area contributed by atoms with Gasteiger partial charge in [0, 0.05) is 4.92 Å². The highest BCUT2D eigenvalue weighted by molar-refractivity contribution is 4.79. The highest BCUT2D eigenvalue weighted by atomic mass is 16.6. The molecule has 51 valence electrons. The average Bonchev–Trinajstić information content (AvgIpc) is 2.13. The van der Waals surface area contributed by atoms with Crippen LogP contribution in [0.5, 0.6) is 0 Å². The maximum Gasteiger partial charge on any atom is 0.286 e. The van der Waals surface area contributed by atoms with E-state index in [9.17, 15) is 10.1 Å². The predicted octanol–water partition coefficient (Wildman–Crippen LogP) is -0.757. The van der Waals surface area contributed by atoms with E-state index >= 15 is 0 Å². The summed E-state index contributed by atoms with van der Waals surface area (Å²) >= 11 is 0. The van der Waals surface area contributed by atoms with Gasteiger partial charge in [-0.15, -0.1) is 0 Å². The van der Waals surface area contributed by atoms with E-state index in [2.05, 4.69) is 5.32 Å². The fraction of sp³-hybridized carbons (Fsp3) is 0.750. The number of rotatable bonds is 1. The van der Waals surface area contributed by atoms with Gasteiger partial charge in [-0.1, -0.05) is 0 Å². The molecule has 1 radical (unpaired) electrons. The maximum atomic E-state index is 10.1. The third-order valence-corrected chi connectivity index (χ3v) is 1.28. The van der Waals surface area contributed by atoms with E-state index in [1.165, 1.54) is 6.54 Å². The third-order valence-electron chi connectivity index (χ3n) is 1.28. The molecule has 0 aromatic carbocycles. The molecule has 1 saturated heterocycles. The molecular weight excluding hydrogens is 122 g/mol. The fourth-order valence-electron chi connectivity index (χ4n) is 0.745. The van der Waals surface area contributed by atoms with Crippen LogP contribution in [0.1, 0.15) is 0 Å². The molecule has 0 bridgehead atoms. The molecule has 0 spiro atoms.